The van der Waals surface area contributed by atoms with Crippen LogP contribution >= 0.6 is 0 Å². The Labute approximate surface area is 187 Å². The summed E-state index contributed by atoms with van der Waals surface area (Å²) in [7, 11) is 5.60. The molecule has 0 saturated heterocycles. The van der Waals surface area contributed by atoms with E-state index in [0.29, 0.717) is 5.92 Å². The molecule has 1 aliphatic rings. The minimum atomic E-state index is 0.264. The van der Waals surface area contributed by atoms with Crippen molar-refractivity contribution >= 4 is 0 Å². The molecule has 0 radical (unpaired) electrons. The Morgan fingerprint density at radius 3 is 2.48 bits per heavy atom. The van der Waals surface area contributed by atoms with Crippen molar-refractivity contribution in [2.45, 2.75) is 51.9 Å². The fourth-order valence-corrected chi connectivity index (χ4v) is 4.21. The fourth-order valence-electron chi connectivity index (χ4n) is 4.21. The summed E-state index contributed by atoms with van der Waals surface area (Å²) in [4.78, 5) is 2.33. The maximum absolute atomic E-state index is 5.85. The van der Waals surface area contributed by atoms with Crippen molar-refractivity contribution in [2.24, 2.45) is 0 Å². The summed E-state index contributed by atoms with van der Waals surface area (Å²) in [6.45, 7) is 6.81. The Bertz CT molecular complexity index is 834. The average molecular weight is 428 g/mol. The van der Waals surface area contributed by atoms with Crippen molar-refractivity contribution < 1.29 is 18.9 Å². The summed E-state index contributed by atoms with van der Waals surface area (Å²) in [5.74, 6) is 3.72. The number of hydrogen-bond donors (Lipinski definition) is 0. The molecular weight excluding hydrogens is 390 g/mol. The van der Waals surface area contributed by atoms with E-state index in [2.05, 4.69) is 44.0 Å². The van der Waals surface area contributed by atoms with E-state index in [0.717, 1.165) is 61.8 Å². The van der Waals surface area contributed by atoms with Gasteiger partial charge in [0.15, 0.2) is 11.5 Å². The van der Waals surface area contributed by atoms with Crippen LogP contribution in [-0.2, 0) is 12.8 Å². The molecule has 2 aromatic rings. The first-order chi connectivity index (χ1) is 15.1. The van der Waals surface area contributed by atoms with Crippen LogP contribution in [0.5, 0.6) is 23.0 Å². The Morgan fingerprint density at radius 1 is 1.03 bits per heavy atom. The predicted molar refractivity (Wildman–Crippen MR) is 125 cm³/mol. The van der Waals surface area contributed by atoms with Gasteiger partial charge in [0.1, 0.15) is 5.75 Å². The monoisotopic (exact) mass is 427 g/mol. The van der Waals surface area contributed by atoms with Crippen LogP contribution in [-0.4, -0.2) is 46.0 Å². The number of ether oxygens (including phenoxy) is 4. The quantitative estimate of drug-likeness (QED) is 0.422. The number of benzene rings is 2. The lowest BCUT2D eigenvalue weighted by atomic mass is 9.88. The molecule has 1 unspecified atom stereocenters. The number of nitrogens with zero attached hydrogens (tertiary/aromatic N) is 1. The molecule has 5 heteroatoms. The van der Waals surface area contributed by atoms with Crippen molar-refractivity contribution in [2.75, 3.05) is 41.1 Å². The third-order valence-electron chi connectivity index (χ3n) is 6.25. The standard InChI is InChI=1S/C26H37NO4/c1-6-27(3)16-15-21-17-23-25(31-18-30-23)26(29-5)24(21)19(2)9-7-8-10-20-11-13-22(28-4)14-12-20/h11-14,17,19H,6-10,15-16,18H2,1-5H3. The highest BCUT2D eigenvalue weighted by Crippen LogP contribution is 2.48. The molecule has 0 saturated carbocycles. The molecule has 1 atom stereocenters. The lowest BCUT2D eigenvalue weighted by Crippen LogP contribution is -2.21. The lowest BCUT2D eigenvalue weighted by Gasteiger charge is -2.23. The van der Waals surface area contributed by atoms with Crippen LogP contribution in [0.25, 0.3) is 0 Å². The van der Waals surface area contributed by atoms with Gasteiger partial charge in [-0.05, 0) is 74.5 Å². The topological polar surface area (TPSA) is 40.2 Å². The molecule has 31 heavy (non-hydrogen) atoms. The molecule has 2 aromatic carbocycles. The lowest BCUT2D eigenvalue weighted by molar-refractivity contribution is 0.171. The summed E-state index contributed by atoms with van der Waals surface area (Å²) in [6.07, 6.45) is 5.51. The first-order valence-electron chi connectivity index (χ1n) is 11.4. The molecule has 0 aliphatic carbocycles. The Hall–Kier alpha value is -2.40. The molecule has 0 amide bonds. The highest BCUT2D eigenvalue weighted by molar-refractivity contribution is 5.61. The minimum absolute atomic E-state index is 0.264. The molecule has 170 valence electrons. The molecule has 0 fully saturated rings. The molecule has 1 heterocycles. The molecule has 0 aromatic heterocycles. The minimum Gasteiger partial charge on any atom is -0.497 e. The third-order valence-corrected chi connectivity index (χ3v) is 6.25. The zero-order valence-electron chi connectivity index (χ0n) is 19.7. The van der Waals surface area contributed by atoms with E-state index in [1.54, 1.807) is 14.2 Å². The largest absolute Gasteiger partial charge is 0.497 e. The van der Waals surface area contributed by atoms with Crippen LogP contribution in [0.4, 0.5) is 0 Å². The van der Waals surface area contributed by atoms with Crippen LogP contribution in [0.3, 0.4) is 0 Å². The maximum atomic E-state index is 5.85. The van der Waals surface area contributed by atoms with Crippen molar-refractivity contribution in [3.8, 4) is 23.0 Å². The predicted octanol–water partition coefficient (Wildman–Crippen LogP) is 5.44. The SMILES string of the molecule is CCN(C)CCc1cc2c(c(OC)c1C(C)CCCCc1ccc(OC)cc1)OCO2. The van der Waals surface area contributed by atoms with E-state index in [4.69, 9.17) is 18.9 Å². The van der Waals surface area contributed by atoms with Crippen LogP contribution in [0.1, 0.15) is 55.7 Å². The van der Waals surface area contributed by atoms with Gasteiger partial charge in [0, 0.05) is 12.1 Å². The van der Waals surface area contributed by atoms with Gasteiger partial charge in [0.25, 0.3) is 0 Å². The summed E-state index contributed by atoms with van der Waals surface area (Å²) < 4.78 is 22.5. The Morgan fingerprint density at radius 2 is 1.81 bits per heavy atom. The van der Waals surface area contributed by atoms with Crippen molar-refractivity contribution in [1.82, 2.24) is 4.90 Å². The maximum Gasteiger partial charge on any atom is 0.231 e. The zero-order chi connectivity index (χ0) is 22.2. The second-order valence-corrected chi connectivity index (χ2v) is 8.36. The van der Waals surface area contributed by atoms with Gasteiger partial charge >= 0.3 is 0 Å². The highest BCUT2D eigenvalue weighted by atomic mass is 16.7. The van der Waals surface area contributed by atoms with Gasteiger partial charge in [0.05, 0.1) is 14.2 Å². The number of methoxy groups -OCH3 is 2. The van der Waals surface area contributed by atoms with E-state index in [1.807, 2.05) is 12.1 Å². The first kappa shape index (κ1) is 23.3. The van der Waals surface area contributed by atoms with Crippen molar-refractivity contribution in [1.29, 1.82) is 0 Å². The third kappa shape index (κ3) is 5.85. The Balaban J connectivity index is 1.68. The van der Waals surface area contributed by atoms with Gasteiger partial charge in [-0.2, -0.15) is 0 Å². The van der Waals surface area contributed by atoms with Gasteiger partial charge in [-0.25, -0.2) is 0 Å². The highest BCUT2D eigenvalue weighted by Gasteiger charge is 2.27. The van der Waals surface area contributed by atoms with Crippen LogP contribution in [0.2, 0.25) is 0 Å². The number of rotatable bonds is 12. The van der Waals surface area contributed by atoms with Gasteiger partial charge in [-0.15, -0.1) is 0 Å². The molecule has 3 rings (SSSR count). The molecule has 1 aliphatic heterocycles. The van der Waals surface area contributed by atoms with Crippen molar-refractivity contribution in [3.63, 3.8) is 0 Å². The van der Waals surface area contributed by atoms with Crippen molar-refractivity contribution in [3.05, 3.63) is 47.0 Å². The molecule has 0 spiro atoms. The Kier molecular flexibility index (Phi) is 8.47. The van der Waals surface area contributed by atoms with Gasteiger partial charge in [-0.1, -0.05) is 32.4 Å². The second-order valence-electron chi connectivity index (χ2n) is 8.36. The van der Waals surface area contributed by atoms with E-state index >= 15 is 0 Å². The normalized spacial score (nSPS) is 13.5. The summed E-state index contributed by atoms with van der Waals surface area (Å²) in [5, 5.41) is 0. The molecular formula is C26H37NO4. The van der Waals surface area contributed by atoms with Gasteiger partial charge < -0.3 is 23.8 Å². The van der Waals surface area contributed by atoms with Crippen LogP contribution in [0, 0.1) is 0 Å². The number of unbranched alkanes of at least 4 members (excludes halogenated alkanes) is 1. The second kappa shape index (κ2) is 11.3. The van der Waals surface area contributed by atoms with Crippen LogP contribution < -0.4 is 18.9 Å². The molecule has 0 N–H and O–H groups in total. The first-order valence-corrected chi connectivity index (χ1v) is 11.4. The van der Waals surface area contributed by atoms with Gasteiger partial charge in [-0.3, -0.25) is 0 Å². The van der Waals surface area contributed by atoms with E-state index in [9.17, 15) is 0 Å². The number of fused-ring (bicyclic) bond motifs is 1. The summed E-state index contributed by atoms with van der Waals surface area (Å²) in [6, 6.07) is 10.6. The summed E-state index contributed by atoms with van der Waals surface area (Å²) in [5.41, 5.74) is 3.95. The van der Waals surface area contributed by atoms with Crippen LogP contribution in [0.15, 0.2) is 30.3 Å². The van der Waals surface area contributed by atoms with E-state index in [1.165, 1.54) is 23.1 Å². The summed E-state index contributed by atoms with van der Waals surface area (Å²) >= 11 is 0. The molecule has 0 bridgehead atoms. The smallest absolute Gasteiger partial charge is 0.231 e. The zero-order valence-corrected chi connectivity index (χ0v) is 19.7. The van der Waals surface area contributed by atoms with E-state index in [-0.39, 0.29) is 6.79 Å². The fraction of sp³-hybridized carbons (Fsp3) is 0.538. The molecule has 5 nitrogen and oxygen atoms in total. The number of likely N-dealkylation sites (N-methyl/N-ethyl adjacent to an activating group) is 1. The number of hydrogen-bond acceptors (Lipinski definition) is 5. The van der Waals surface area contributed by atoms with E-state index < -0.39 is 0 Å². The average Bonchev–Trinajstić information content (AvgIpc) is 3.27. The van der Waals surface area contributed by atoms with Gasteiger partial charge in [0.2, 0.25) is 12.5 Å². The number of aryl methyl sites for hydroxylation is 1.